The van der Waals surface area contributed by atoms with E-state index in [0.717, 1.165) is 88.8 Å². The number of hydrogen-bond donors (Lipinski definition) is 0. The van der Waals surface area contributed by atoms with Crippen LogP contribution in [0.3, 0.4) is 0 Å². The molecule has 0 amide bonds. The first kappa shape index (κ1) is 31.2. The van der Waals surface area contributed by atoms with Crippen molar-refractivity contribution in [3.63, 3.8) is 0 Å². The Morgan fingerprint density at radius 3 is 1.71 bits per heavy atom. The molecule has 0 aliphatic carbocycles. The quantitative estimate of drug-likeness (QED) is 0.173. The summed E-state index contributed by atoms with van der Waals surface area (Å²) in [6.07, 6.45) is 0. The van der Waals surface area contributed by atoms with Gasteiger partial charge in [0.15, 0.2) is 0 Å². The number of anilines is 3. The third-order valence-corrected chi connectivity index (χ3v) is 10.9. The summed E-state index contributed by atoms with van der Waals surface area (Å²) in [4.78, 5) is 2.36. The molecule has 0 spiro atoms. The monoisotopic (exact) mass is 703 g/mol. The molecule has 0 atom stereocenters. The highest BCUT2D eigenvalue weighted by Gasteiger charge is 2.19. The van der Waals surface area contributed by atoms with Crippen LogP contribution in [0.25, 0.3) is 88.0 Å². The number of rotatable bonds is 6. The summed E-state index contributed by atoms with van der Waals surface area (Å²) in [5.41, 5.74) is 13.7. The second kappa shape index (κ2) is 12.6. The maximum Gasteiger partial charge on any atom is 0.143 e. The number of para-hydroxylation sites is 4. The van der Waals surface area contributed by atoms with E-state index in [-0.39, 0.29) is 0 Å². The second-order valence-corrected chi connectivity index (χ2v) is 14.1. The van der Waals surface area contributed by atoms with Crippen molar-refractivity contribution >= 4 is 71.7 Å². The predicted octanol–water partition coefficient (Wildman–Crippen LogP) is 15.1. The summed E-state index contributed by atoms with van der Waals surface area (Å²) in [6, 6.07) is 71.0. The number of nitrogens with zero attached hydrogens (tertiary/aromatic N) is 1. The molecule has 11 aromatic rings. The van der Waals surface area contributed by atoms with Crippen LogP contribution in [0.4, 0.5) is 17.1 Å². The Labute approximate surface area is 317 Å². The zero-order valence-corrected chi connectivity index (χ0v) is 29.8. The minimum atomic E-state index is 0.903. The summed E-state index contributed by atoms with van der Waals surface area (Å²) >= 11 is 0. The number of hydrogen-bond acceptors (Lipinski definition) is 3. The number of furan rings is 2. The van der Waals surface area contributed by atoms with Crippen molar-refractivity contribution in [3.8, 4) is 33.4 Å². The van der Waals surface area contributed by atoms with Gasteiger partial charge in [0.05, 0.1) is 5.69 Å². The van der Waals surface area contributed by atoms with Gasteiger partial charge in [-0.15, -0.1) is 0 Å². The van der Waals surface area contributed by atoms with Gasteiger partial charge in [0.2, 0.25) is 0 Å². The van der Waals surface area contributed by atoms with Crippen molar-refractivity contribution in [1.82, 2.24) is 0 Å². The van der Waals surface area contributed by atoms with Gasteiger partial charge in [0.1, 0.15) is 22.3 Å². The van der Waals surface area contributed by atoms with E-state index < -0.39 is 0 Å². The molecule has 3 heteroatoms. The standard InChI is InChI=1S/C52H33NO2/c1-2-11-35(12-3-1)41-13-4-7-18-47(41)53(40-30-25-36(26-31-40)42-16-10-17-44-43-14-5-8-19-48(43)55-52(42)44)39-28-23-34(24-29-39)38-22-21-37-27-32-50-51(46(37)33-38)45-15-6-9-20-49(45)54-50/h1-33H. The van der Waals surface area contributed by atoms with Crippen LogP contribution in [-0.4, -0.2) is 0 Å². The number of benzene rings is 9. The fourth-order valence-corrected chi connectivity index (χ4v) is 8.25. The van der Waals surface area contributed by atoms with Crippen molar-refractivity contribution in [3.05, 3.63) is 200 Å². The van der Waals surface area contributed by atoms with Gasteiger partial charge in [-0.1, -0.05) is 146 Å². The highest BCUT2D eigenvalue weighted by Crippen LogP contribution is 2.43. The average Bonchev–Trinajstić information content (AvgIpc) is 3.84. The first-order chi connectivity index (χ1) is 27.3. The SMILES string of the molecule is c1ccc(-c2ccccc2N(c2ccc(-c3ccc4ccc5oc6ccccc6c5c4c3)cc2)c2ccc(-c3cccc4c3oc3ccccc34)cc2)cc1. The molecule has 0 bridgehead atoms. The van der Waals surface area contributed by atoms with Crippen LogP contribution in [0.1, 0.15) is 0 Å². The molecular weight excluding hydrogens is 671 g/mol. The van der Waals surface area contributed by atoms with E-state index in [4.69, 9.17) is 8.83 Å². The van der Waals surface area contributed by atoms with E-state index in [9.17, 15) is 0 Å². The lowest BCUT2D eigenvalue weighted by Gasteiger charge is -2.28. The van der Waals surface area contributed by atoms with E-state index >= 15 is 0 Å². The van der Waals surface area contributed by atoms with Crippen LogP contribution >= 0.6 is 0 Å². The lowest BCUT2D eigenvalue weighted by atomic mass is 9.97. The first-order valence-electron chi connectivity index (χ1n) is 18.7. The maximum absolute atomic E-state index is 6.41. The van der Waals surface area contributed by atoms with Crippen LogP contribution in [0.2, 0.25) is 0 Å². The largest absolute Gasteiger partial charge is 0.456 e. The molecule has 0 unspecified atom stereocenters. The van der Waals surface area contributed by atoms with Gasteiger partial charge >= 0.3 is 0 Å². The summed E-state index contributed by atoms with van der Waals surface area (Å²) in [5.74, 6) is 0. The van der Waals surface area contributed by atoms with Crippen LogP contribution in [0, 0.1) is 0 Å². The van der Waals surface area contributed by atoms with Gasteiger partial charge in [-0.2, -0.15) is 0 Å². The maximum atomic E-state index is 6.41. The zero-order valence-electron chi connectivity index (χ0n) is 29.8. The Hall–Kier alpha value is -7.36. The van der Waals surface area contributed by atoms with Gasteiger partial charge < -0.3 is 13.7 Å². The Morgan fingerprint density at radius 2 is 0.909 bits per heavy atom. The molecule has 0 aliphatic rings. The van der Waals surface area contributed by atoms with E-state index in [0.29, 0.717) is 0 Å². The first-order valence-corrected chi connectivity index (χ1v) is 18.7. The molecule has 258 valence electrons. The van der Waals surface area contributed by atoms with Crippen LogP contribution in [0.15, 0.2) is 209 Å². The van der Waals surface area contributed by atoms with Gasteiger partial charge in [-0.25, -0.2) is 0 Å². The highest BCUT2D eigenvalue weighted by molar-refractivity contribution is 6.19. The van der Waals surface area contributed by atoms with Crippen molar-refractivity contribution < 1.29 is 8.83 Å². The normalized spacial score (nSPS) is 11.6. The van der Waals surface area contributed by atoms with Gasteiger partial charge in [-0.3, -0.25) is 0 Å². The Kier molecular flexibility index (Phi) is 7.17. The third-order valence-electron chi connectivity index (χ3n) is 10.9. The van der Waals surface area contributed by atoms with Crippen molar-refractivity contribution in [2.45, 2.75) is 0 Å². The molecule has 55 heavy (non-hydrogen) atoms. The molecule has 0 saturated carbocycles. The fraction of sp³-hybridized carbons (Fsp3) is 0. The second-order valence-electron chi connectivity index (χ2n) is 14.1. The Bertz CT molecular complexity index is 3190. The van der Waals surface area contributed by atoms with E-state index in [2.05, 4.69) is 181 Å². The van der Waals surface area contributed by atoms with Crippen molar-refractivity contribution in [2.75, 3.05) is 4.90 Å². The molecular formula is C52H33NO2. The molecule has 0 fully saturated rings. The van der Waals surface area contributed by atoms with Crippen LogP contribution in [0.5, 0.6) is 0 Å². The lowest BCUT2D eigenvalue weighted by Crippen LogP contribution is -2.11. The molecule has 2 heterocycles. The fourth-order valence-electron chi connectivity index (χ4n) is 8.25. The van der Waals surface area contributed by atoms with E-state index in [1.807, 2.05) is 24.3 Å². The van der Waals surface area contributed by atoms with Gasteiger partial charge in [0.25, 0.3) is 0 Å². The molecule has 2 aromatic heterocycles. The summed E-state index contributed by atoms with van der Waals surface area (Å²) in [7, 11) is 0. The van der Waals surface area contributed by atoms with E-state index in [1.54, 1.807) is 0 Å². The minimum absolute atomic E-state index is 0.903. The third kappa shape index (κ3) is 5.20. The highest BCUT2D eigenvalue weighted by atomic mass is 16.3. The summed E-state index contributed by atoms with van der Waals surface area (Å²) < 4.78 is 12.6. The topological polar surface area (TPSA) is 29.5 Å². The predicted molar refractivity (Wildman–Crippen MR) is 229 cm³/mol. The molecule has 3 nitrogen and oxygen atoms in total. The smallest absolute Gasteiger partial charge is 0.143 e. The molecule has 0 saturated heterocycles. The lowest BCUT2D eigenvalue weighted by molar-refractivity contribution is 0.669. The summed E-state index contributed by atoms with van der Waals surface area (Å²) in [6.45, 7) is 0. The molecule has 0 aliphatic heterocycles. The molecule has 9 aromatic carbocycles. The zero-order chi connectivity index (χ0) is 36.3. The Balaban J connectivity index is 1.02. The van der Waals surface area contributed by atoms with Gasteiger partial charge in [0, 0.05) is 44.0 Å². The Morgan fingerprint density at radius 1 is 0.327 bits per heavy atom. The molecule has 11 rings (SSSR count). The van der Waals surface area contributed by atoms with Crippen molar-refractivity contribution in [2.24, 2.45) is 0 Å². The van der Waals surface area contributed by atoms with Gasteiger partial charge in [-0.05, 0) is 87.6 Å². The molecule has 0 N–H and O–H groups in total. The summed E-state index contributed by atoms with van der Waals surface area (Å²) in [5, 5.41) is 6.96. The van der Waals surface area contributed by atoms with Crippen LogP contribution in [-0.2, 0) is 0 Å². The molecule has 0 radical (unpaired) electrons. The van der Waals surface area contributed by atoms with E-state index in [1.165, 1.54) is 16.3 Å². The van der Waals surface area contributed by atoms with Crippen LogP contribution < -0.4 is 4.90 Å². The van der Waals surface area contributed by atoms with Crippen molar-refractivity contribution in [1.29, 1.82) is 0 Å². The minimum Gasteiger partial charge on any atom is -0.456 e. The average molecular weight is 704 g/mol. The number of fused-ring (bicyclic) bond motifs is 8.